The van der Waals surface area contributed by atoms with Crippen molar-refractivity contribution in [1.29, 1.82) is 0 Å². The van der Waals surface area contributed by atoms with E-state index < -0.39 is 0 Å². The lowest BCUT2D eigenvalue weighted by molar-refractivity contribution is 0.0940. The molecule has 1 heterocycles. The molecule has 5 heteroatoms. The van der Waals surface area contributed by atoms with Crippen molar-refractivity contribution in [2.75, 3.05) is 12.3 Å². The van der Waals surface area contributed by atoms with E-state index in [1.807, 2.05) is 6.92 Å². The Bertz CT molecular complexity index is 488. The Balaban J connectivity index is 2.02. The van der Waals surface area contributed by atoms with Crippen molar-refractivity contribution in [3.8, 4) is 0 Å². The number of amides is 1. The molecule has 5 nitrogen and oxygen atoms in total. The van der Waals surface area contributed by atoms with Gasteiger partial charge in [-0.25, -0.2) is 0 Å². The third kappa shape index (κ3) is 2.01. The average Bonchev–Trinajstić information content (AvgIpc) is 2.64. The lowest BCUT2D eigenvalue weighted by atomic mass is 10.0. The molecule has 0 bridgehead atoms. The van der Waals surface area contributed by atoms with Crippen molar-refractivity contribution < 1.29 is 4.79 Å². The van der Waals surface area contributed by atoms with Crippen LogP contribution in [0.5, 0.6) is 0 Å². The second-order valence-electron chi connectivity index (χ2n) is 6.47. The third-order valence-electron chi connectivity index (χ3n) is 5.17. The zero-order valence-corrected chi connectivity index (χ0v) is 12.4. The number of carbonyl (C=O) groups excluding carboxylic acids is 1. The molecule has 0 aliphatic heterocycles. The minimum atomic E-state index is -0.129. The minimum Gasteiger partial charge on any atom is -0.396 e. The second-order valence-corrected chi connectivity index (χ2v) is 6.47. The molecule has 19 heavy (non-hydrogen) atoms. The first-order valence-corrected chi connectivity index (χ1v) is 6.83. The predicted octanol–water partition coefficient (Wildman–Crippen LogP) is 1.90. The van der Waals surface area contributed by atoms with Gasteiger partial charge in [0.1, 0.15) is 5.69 Å². The summed E-state index contributed by atoms with van der Waals surface area (Å²) in [5.74, 6) is 0.374. The fraction of sp³-hybridized carbons (Fsp3) is 0.714. The van der Waals surface area contributed by atoms with Crippen LogP contribution in [0.15, 0.2) is 6.20 Å². The molecule has 0 saturated heterocycles. The highest BCUT2D eigenvalue weighted by molar-refractivity contribution is 5.97. The number of hydrogen-bond acceptors (Lipinski definition) is 3. The third-order valence-corrected chi connectivity index (χ3v) is 5.17. The van der Waals surface area contributed by atoms with Crippen LogP contribution in [-0.4, -0.2) is 22.2 Å². The molecule has 0 aromatic carbocycles. The number of rotatable bonds is 4. The van der Waals surface area contributed by atoms with Crippen molar-refractivity contribution in [3.63, 3.8) is 0 Å². The van der Waals surface area contributed by atoms with Crippen LogP contribution in [-0.2, 0) is 6.54 Å². The van der Waals surface area contributed by atoms with Crippen LogP contribution >= 0.6 is 0 Å². The van der Waals surface area contributed by atoms with E-state index in [1.165, 1.54) is 6.20 Å². The van der Waals surface area contributed by atoms with Crippen LogP contribution in [0.3, 0.4) is 0 Å². The Morgan fingerprint density at radius 3 is 2.47 bits per heavy atom. The first-order chi connectivity index (χ1) is 8.73. The van der Waals surface area contributed by atoms with Gasteiger partial charge in [0.25, 0.3) is 5.91 Å². The molecule has 0 unspecified atom stereocenters. The van der Waals surface area contributed by atoms with Gasteiger partial charge in [0, 0.05) is 13.1 Å². The van der Waals surface area contributed by atoms with Gasteiger partial charge in [-0.15, -0.1) is 0 Å². The lowest BCUT2D eigenvalue weighted by Gasteiger charge is -2.08. The summed E-state index contributed by atoms with van der Waals surface area (Å²) in [6, 6.07) is 0. The van der Waals surface area contributed by atoms with E-state index in [0.29, 0.717) is 30.4 Å². The van der Waals surface area contributed by atoms with Crippen LogP contribution in [0.4, 0.5) is 5.69 Å². The van der Waals surface area contributed by atoms with Gasteiger partial charge < -0.3 is 11.1 Å². The summed E-state index contributed by atoms with van der Waals surface area (Å²) in [5, 5.41) is 7.08. The van der Waals surface area contributed by atoms with Gasteiger partial charge in [-0.1, -0.05) is 27.7 Å². The summed E-state index contributed by atoms with van der Waals surface area (Å²) < 4.78 is 1.63. The highest BCUT2D eigenvalue weighted by Crippen LogP contribution is 2.67. The Morgan fingerprint density at radius 2 is 2.00 bits per heavy atom. The van der Waals surface area contributed by atoms with Crippen molar-refractivity contribution >= 4 is 11.6 Å². The second kappa shape index (κ2) is 4.25. The number of nitrogens with two attached hydrogens (primary N) is 1. The smallest absolute Gasteiger partial charge is 0.271 e. The fourth-order valence-electron chi connectivity index (χ4n) is 3.01. The maximum absolute atomic E-state index is 12.2. The predicted molar refractivity (Wildman–Crippen MR) is 75.7 cm³/mol. The summed E-state index contributed by atoms with van der Waals surface area (Å²) in [6.45, 7) is 12.2. The zero-order valence-electron chi connectivity index (χ0n) is 12.4. The molecule has 2 rings (SSSR count). The number of nitrogens with one attached hydrogen (secondary N) is 1. The molecule has 0 atom stereocenters. The van der Waals surface area contributed by atoms with E-state index in [4.69, 9.17) is 5.73 Å². The van der Waals surface area contributed by atoms with E-state index in [9.17, 15) is 4.79 Å². The topological polar surface area (TPSA) is 72.9 Å². The van der Waals surface area contributed by atoms with E-state index in [-0.39, 0.29) is 16.7 Å². The first-order valence-electron chi connectivity index (χ1n) is 6.83. The summed E-state index contributed by atoms with van der Waals surface area (Å²) in [6.07, 6.45) is 1.53. The molecule has 1 aliphatic rings. The highest BCUT2D eigenvalue weighted by Gasteiger charge is 2.64. The van der Waals surface area contributed by atoms with E-state index in [2.05, 4.69) is 38.1 Å². The SMILES string of the molecule is CCn1ncc(N)c1C(=O)NCC1C(C)(C)C1(C)C. The summed E-state index contributed by atoms with van der Waals surface area (Å²) in [7, 11) is 0. The quantitative estimate of drug-likeness (QED) is 0.872. The maximum Gasteiger partial charge on any atom is 0.271 e. The van der Waals surface area contributed by atoms with Crippen LogP contribution in [0.2, 0.25) is 0 Å². The van der Waals surface area contributed by atoms with Gasteiger partial charge in [-0.2, -0.15) is 5.10 Å². The Morgan fingerprint density at radius 1 is 1.42 bits per heavy atom. The van der Waals surface area contributed by atoms with Gasteiger partial charge in [0.05, 0.1) is 11.9 Å². The number of hydrogen-bond donors (Lipinski definition) is 2. The highest BCUT2D eigenvalue weighted by atomic mass is 16.2. The van der Waals surface area contributed by atoms with Crippen molar-refractivity contribution in [2.24, 2.45) is 16.7 Å². The van der Waals surface area contributed by atoms with Gasteiger partial charge in [-0.05, 0) is 23.7 Å². The molecular formula is C14H24N4O. The molecule has 1 aromatic rings. The number of aryl methyl sites for hydroxylation is 1. The number of nitrogens with zero attached hydrogens (tertiary/aromatic N) is 2. The van der Waals surface area contributed by atoms with Gasteiger partial charge in [0.15, 0.2) is 0 Å². The Kier molecular flexibility index (Phi) is 3.11. The lowest BCUT2D eigenvalue weighted by Crippen LogP contribution is -2.29. The minimum absolute atomic E-state index is 0.129. The van der Waals surface area contributed by atoms with Crippen molar-refractivity contribution in [3.05, 3.63) is 11.9 Å². The van der Waals surface area contributed by atoms with Crippen LogP contribution in [0.25, 0.3) is 0 Å². The first kappa shape index (κ1) is 13.9. The molecule has 1 saturated carbocycles. The fourth-order valence-corrected chi connectivity index (χ4v) is 3.01. The molecule has 1 amide bonds. The monoisotopic (exact) mass is 264 g/mol. The van der Waals surface area contributed by atoms with Crippen LogP contribution in [0.1, 0.15) is 45.1 Å². The molecule has 0 spiro atoms. The zero-order chi connectivity index (χ0) is 14.4. The Labute approximate surface area is 114 Å². The van der Waals surface area contributed by atoms with Gasteiger partial charge in [0.2, 0.25) is 0 Å². The molecule has 3 N–H and O–H groups in total. The maximum atomic E-state index is 12.2. The largest absolute Gasteiger partial charge is 0.396 e. The average molecular weight is 264 g/mol. The number of carbonyl (C=O) groups is 1. The van der Waals surface area contributed by atoms with Crippen LogP contribution < -0.4 is 11.1 Å². The standard InChI is InChI=1S/C14H24N4O/c1-6-18-11(9(15)7-17-18)12(19)16-8-10-13(2,3)14(10,4)5/h7,10H,6,8,15H2,1-5H3,(H,16,19). The number of aromatic nitrogens is 2. The van der Waals surface area contributed by atoms with Gasteiger partial charge in [-0.3, -0.25) is 9.48 Å². The molecule has 0 radical (unpaired) electrons. The summed E-state index contributed by atoms with van der Waals surface area (Å²) >= 11 is 0. The van der Waals surface area contributed by atoms with Crippen molar-refractivity contribution in [2.45, 2.75) is 41.2 Å². The van der Waals surface area contributed by atoms with E-state index in [0.717, 1.165) is 0 Å². The molecule has 1 aliphatic carbocycles. The summed E-state index contributed by atoms with van der Waals surface area (Å²) in [5.41, 5.74) is 7.26. The van der Waals surface area contributed by atoms with E-state index in [1.54, 1.807) is 4.68 Å². The van der Waals surface area contributed by atoms with E-state index >= 15 is 0 Å². The summed E-state index contributed by atoms with van der Waals surface area (Å²) in [4.78, 5) is 12.2. The van der Waals surface area contributed by atoms with Crippen LogP contribution in [0, 0.1) is 16.7 Å². The molecule has 1 fully saturated rings. The molecule has 1 aromatic heterocycles. The Hall–Kier alpha value is -1.52. The molecule has 106 valence electrons. The molecular weight excluding hydrogens is 240 g/mol. The van der Waals surface area contributed by atoms with Crippen molar-refractivity contribution in [1.82, 2.24) is 15.1 Å². The number of anilines is 1. The normalized spacial score (nSPS) is 20.3. The van der Waals surface area contributed by atoms with Gasteiger partial charge >= 0.3 is 0 Å². The number of nitrogen functional groups attached to an aromatic ring is 1.